The summed E-state index contributed by atoms with van der Waals surface area (Å²) < 4.78 is 29.7. The number of hydrogen-bond donors (Lipinski definition) is 2. The number of sulfonamides is 1. The van der Waals surface area contributed by atoms with E-state index in [-0.39, 0.29) is 5.91 Å². The SMILES string of the molecule is COc1ccccc1NC(=O)c1ccc(CCNS(C)(=O)=O)cc1. The van der Waals surface area contributed by atoms with E-state index < -0.39 is 10.0 Å². The fraction of sp³-hybridized carbons (Fsp3) is 0.235. The first kappa shape index (κ1) is 18.0. The molecule has 0 aliphatic carbocycles. The van der Waals surface area contributed by atoms with Gasteiger partial charge in [-0.15, -0.1) is 0 Å². The molecule has 0 aliphatic rings. The third-order valence-electron chi connectivity index (χ3n) is 3.35. The van der Waals surface area contributed by atoms with E-state index in [4.69, 9.17) is 4.74 Å². The van der Waals surface area contributed by atoms with Crippen molar-refractivity contribution in [1.82, 2.24) is 4.72 Å². The third kappa shape index (κ3) is 5.36. The molecule has 1 amide bonds. The summed E-state index contributed by atoms with van der Waals surface area (Å²) in [7, 11) is -1.64. The average Bonchev–Trinajstić information content (AvgIpc) is 2.55. The number of rotatable bonds is 7. The number of anilines is 1. The standard InChI is InChI=1S/C17H20N2O4S/c1-23-16-6-4-3-5-15(16)19-17(20)14-9-7-13(8-10-14)11-12-18-24(2,21)22/h3-10,18H,11-12H2,1-2H3,(H,19,20). The minimum Gasteiger partial charge on any atom is -0.495 e. The summed E-state index contributed by atoms with van der Waals surface area (Å²) in [6, 6.07) is 14.2. The van der Waals surface area contributed by atoms with Gasteiger partial charge in [-0.2, -0.15) is 0 Å². The van der Waals surface area contributed by atoms with Crippen LogP contribution in [-0.2, 0) is 16.4 Å². The van der Waals surface area contributed by atoms with Gasteiger partial charge in [0.2, 0.25) is 10.0 Å². The first-order valence-corrected chi connectivity index (χ1v) is 9.26. The summed E-state index contributed by atoms with van der Waals surface area (Å²) in [5.41, 5.74) is 2.06. The van der Waals surface area contributed by atoms with Crippen molar-refractivity contribution in [3.05, 3.63) is 59.7 Å². The van der Waals surface area contributed by atoms with E-state index in [1.807, 2.05) is 12.1 Å². The maximum absolute atomic E-state index is 12.3. The van der Waals surface area contributed by atoms with Crippen molar-refractivity contribution in [2.45, 2.75) is 6.42 Å². The summed E-state index contributed by atoms with van der Waals surface area (Å²) in [6.07, 6.45) is 1.68. The lowest BCUT2D eigenvalue weighted by atomic mass is 10.1. The topological polar surface area (TPSA) is 84.5 Å². The molecule has 0 heterocycles. The zero-order chi connectivity index (χ0) is 17.6. The van der Waals surface area contributed by atoms with Crippen molar-refractivity contribution < 1.29 is 17.9 Å². The molecule has 0 saturated carbocycles. The van der Waals surface area contributed by atoms with Gasteiger partial charge in [-0.05, 0) is 36.2 Å². The van der Waals surface area contributed by atoms with Gasteiger partial charge in [-0.25, -0.2) is 13.1 Å². The van der Waals surface area contributed by atoms with Gasteiger partial charge < -0.3 is 10.1 Å². The van der Waals surface area contributed by atoms with Crippen molar-refractivity contribution in [1.29, 1.82) is 0 Å². The van der Waals surface area contributed by atoms with Crippen molar-refractivity contribution >= 4 is 21.6 Å². The van der Waals surface area contributed by atoms with Gasteiger partial charge in [-0.3, -0.25) is 4.79 Å². The molecule has 2 aromatic rings. The molecule has 0 aliphatic heterocycles. The van der Waals surface area contributed by atoms with Gasteiger partial charge in [0.1, 0.15) is 5.75 Å². The largest absolute Gasteiger partial charge is 0.495 e. The number of carbonyl (C=O) groups excluding carboxylic acids is 1. The molecule has 0 spiro atoms. The van der Waals surface area contributed by atoms with Crippen molar-refractivity contribution in [3.8, 4) is 5.75 Å². The van der Waals surface area contributed by atoms with Gasteiger partial charge in [0, 0.05) is 12.1 Å². The number of amides is 1. The van der Waals surface area contributed by atoms with Gasteiger partial charge in [-0.1, -0.05) is 24.3 Å². The predicted molar refractivity (Wildman–Crippen MR) is 93.9 cm³/mol. The Morgan fingerprint density at radius 2 is 1.75 bits per heavy atom. The Bertz CT molecular complexity index is 802. The molecular formula is C17H20N2O4S. The lowest BCUT2D eigenvalue weighted by Crippen LogP contribution is -2.24. The molecule has 2 N–H and O–H groups in total. The molecule has 0 saturated heterocycles. The Hall–Kier alpha value is -2.38. The molecule has 2 rings (SSSR count). The van der Waals surface area contributed by atoms with Gasteiger partial charge in [0.05, 0.1) is 19.1 Å². The highest BCUT2D eigenvalue weighted by Crippen LogP contribution is 2.23. The molecule has 0 unspecified atom stereocenters. The lowest BCUT2D eigenvalue weighted by Gasteiger charge is -2.10. The van der Waals surface area contributed by atoms with E-state index in [1.54, 1.807) is 43.5 Å². The van der Waals surface area contributed by atoms with Gasteiger partial charge in [0.15, 0.2) is 0 Å². The van der Waals surface area contributed by atoms with Gasteiger partial charge >= 0.3 is 0 Å². The highest BCUT2D eigenvalue weighted by molar-refractivity contribution is 7.88. The number of ether oxygens (including phenoxy) is 1. The average molecular weight is 348 g/mol. The molecule has 0 aromatic heterocycles. The van der Waals surface area contributed by atoms with E-state index >= 15 is 0 Å². The molecule has 0 bridgehead atoms. The molecule has 7 heteroatoms. The Morgan fingerprint density at radius 1 is 1.08 bits per heavy atom. The van der Waals surface area contributed by atoms with Crippen LogP contribution in [0.1, 0.15) is 15.9 Å². The number of methoxy groups -OCH3 is 1. The van der Waals surface area contributed by atoms with E-state index in [0.29, 0.717) is 30.0 Å². The Morgan fingerprint density at radius 3 is 2.38 bits per heavy atom. The third-order valence-corrected chi connectivity index (χ3v) is 4.08. The highest BCUT2D eigenvalue weighted by atomic mass is 32.2. The summed E-state index contributed by atoms with van der Waals surface area (Å²) >= 11 is 0. The Balaban J connectivity index is 1.98. The van der Waals surface area contributed by atoms with Crippen molar-refractivity contribution in [3.63, 3.8) is 0 Å². The molecule has 6 nitrogen and oxygen atoms in total. The number of benzene rings is 2. The maximum Gasteiger partial charge on any atom is 0.255 e. The Kier molecular flexibility index (Phi) is 5.94. The van der Waals surface area contributed by atoms with Crippen LogP contribution < -0.4 is 14.8 Å². The number of carbonyl (C=O) groups is 1. The zero-order valence-electron chi connectivity index (χ0n) is 13.6. The van der Waals surface area contributed by atoms with Crippen LogP contribution in [-0.4, -0.2) is 34.2 Å². The Labute approximate surface area is 141 Å². The van der Waals surface area contributed by atoms with Crippen LogP contribution in [0.4, 0.5) is 5.69 Å². The van der Waals surface area contributed by atoms with E-state index in [2.05, 4.69) is 10.0 Å². The quantitative estimate of drug-likeness (QED) is 0.802. The maximum atomic E-state index is 12.3. The zero-order valence-corrected chi connectivity index (χ0v) is 14.4. The predicted octanol–water partition coefficient (Wildman–Crippen LogP) is 2.04. The molecule has 128 valence electrons. The van der Waals surface area contributed by atoms with Crippen LogP contribution in [0.25, 0.3) is 0 Å². The monoisotopic (exact) mass is 348 g/mol. The molecular weight excluding hydrogens is 328 g/mol. The van der Waals surface area contributed by atoms with Crippen LogP contribution in [0.3, 0.4) is 0 Å². The van der Waals surface area contributed by atoms with Crippen molar-refractivity contribution in [2.75, 3.05) is 25.2 Å². The number of hydrogen-bond acceptors (Lipinski definition) is 4. The fourth-order valence-electron chi connectivity index (χ4n) is 2.15. The molecule has 0 radical (unpaired) electrons. The van der Waals surface area contributed by atoms with E-state index in [9.17, 15) is 13.2 Å². The minimum absolute atomic E-state index is 0.236. The normalized spacial score (nSPS) is 11.1. The van der Waals surface area contributed by atoms with Crippen LogP contribution in [0, 0.1) is 0 Å². The summed E-state index contributed by atoms with van der Waals surface area (Å²) in [4.78, 5) is 12.3. The second-order valence-corrected chi connectivity index (χ2v) is 7.10. The van der Waals surface area contributed by atoms with Crippen LogP contribution in [0.2, 0.25) is 0 Å². The number of nitrogens with one attached hydrogen (secondary N) is 2. The first-order chi connectivity index (χ1) is 11.4. The van der Waals surface area contributed by atoms with Crippen LogP contribution in [0.5, 0.6) is 5.75 Å². The lowest BCUT2D eigenvalue weighted by molar-refractivity contribution is 0.102. The fourth-order valence-corrected chi connectivity index (χ4v) is 2.62. The number of para-hydroxylation sites is 2. The summed E-state index contributed by atoms with van der Waals surface area (Å²) in [5.74, 6) is 0.356. The van der Waals surface area contributed by atoms with E-state index in [1.165, 1.54) is 0 Å². The van der Waals surface area contributed by atoms with Crippen LogP contribution in [0.15, 0.2) is 48.5 Å². The smallest absolute Gasteiger partial charge is 0.255 e. The minimum atomic E-state index is -3.18. The summed E-state index contributed by atoms with van der Waals surface area (Å²) in [6.45, 7) is 0.325. The summed E-state index contributed by atoms with van der Waals surface area (Å²) in [5, 5.41) is 2.80. The van der Waals surface area contributed by atoms with E-state index in [0.717, 1.165) is 11.8 Å². The molecule has 0 atom stereocenters. The first-order valence-electron chi connectivity index (χ1n) is 7.37. The van der Waals surface area contributed by atoms with Crippen molar-refractivity contribution in [2.24, 2.45) is 0 Å². The molecule has 0 fully saturated rings. The second kappa shape index (κ2) is 7.94. The van der Waals surface area contributed by atoms with Gasteiger partial charge in [0.25, 0.3) is 5.91 Å². The molecule has 2 aromatic carbocycles. The highest BCUT2D eigenvalue weighted by Gasteiger charge is 2.09. The molecule has 24 heavy (non-hydrogen) atoms. The second-order valence-electron chi connectivity index (χ2n) is 5.27. The van der Waals surface area contributed by atoms with Crippen LogP contribution >= 0.6 is 0 Å².